The molecule has 5 atom stereocenters. The third-order valence-corrected chi connectivity index (χ3v) is 16.7. The summed E-state index contributed by atoms with van der Waals surface area (Å²) < 4.78 is 53.6. The highest BCUT2D eigenvalue weighted by molar-refractivity contribution is 7.52. The summed E-state index contributed by atoms with van der Waals surface area (Å²) in [5.74, 6) is 4.19. The summed E-state index contributed by atoms with van der Waals surface area (Å²) in [5, 5.41) is 5.39. The first-order chi connectivity index (χ1) is 36.2. The number of nitrogens with zero attached hydrogens (tertiary/aromatic N) is 3. The summed E-state index contributed by atoms with van der Waals surface area (Å²) in [6.07, 6.45) is 8.72. The lowest BCUT2D eigenvalue weighted by Gasteiger charge is -2.38. The number of thiophene rings is 1. The van der Waals surface area contributed by atoms with Crippen molar-refractivity contribution in [1.82, 2.24) is 25.3 Å². The van der Waals surface area contributed by atoms with Gasteiger partial charge in [0.1, 0.15) is 24.2 Å². The molecule has 406 valence electrons. The summed E-state index contributed by atoms with van der Waals surface area (Å²) in [6.45, 7) is 7.20. The van der Waals surface area contributed by atoms with Crippen molar-refractivity contribution >= 4 is 64.5 Å². The number of hydrogen-bond donors (Lipinski definition) is 4. The fourth-order valence-electron chi connectivity index (χ4n) is 10.3. The standard InChI is InChI=1S/C56H66F2N5O11PS/c1-55(2,3)49(60-51(66)47-31-38-30-39(23-25-46(38)76-47)56(57,58)75(70,71)72)54(69)62-33-40(32-44(62)53(68)61-27-29-74-45(35-61)37-19-14-12-15-20-37)73-28-16-11-9-7-5-4-6-8-10-13-18-36-21-17-22-41-42(36)34-63(52(41)67)43-24-26-48(64)59-50(43)65/h12,14-15,17,19-23,25,30-31,40,43-45,49H,4-11,16,24,26-29,32-35H2,1-3H3,(H,60,66)(H,59,64,65)(H2,70,71,72)/t40-,43?,44-,45-,49?/m0/s1. The number of ether oxygens (including phenoxy) is 2. The van der Waals surface area contributed by atoms with Crippen molar-refractivity contribution in [3.05, 3.63) is 105 Å². The van der Waals surface area contributed by atoms with E-state index in [1.807, 2.05) is 42.5 Å². The van der Waals surface area contributed by atoms with Crippen LogP contribution in [-0.4, -0.2) is 117 Å². The average Bonchev–Trinajstić information content (AvgIpc) is 4.12. The molecular weight excluding hydrogens is 1020 g/mol. The highest BCUT2D eigenvalue weighted by Gasteiger charge is 2.51. The summed E-state index contributed by atoms with van der Waals surface area (Å²) in [7, 11) is -5.83. The second-order valence-corrected chi connectivity index (χ2v) is 23.9. The number of amides is 6. The average molecular weight is 1090 g/mol. The second-order valence-electron chi connectivity index (χ2n) is 21.1. The first-order valence-corrected chi connectivity index (χ1v) is 28.6. The van der Waals surface area contributed by atoms with Gasteiger partial charge in [0.25, 0.3) is 11.8 Å². The van der Waals surface area contributed by atoms with Gasteiger partial charge in [0.05, 0.1) is 24.1 Å². The zero-order valence-corrected chi connectivity index (χ0v) is 44.8. The number of morpholine rings is 1. The van der Waals surface area contributed by atoms with Crippen LogP contribution in [0.2, 0.25) is 0 Å². The van der Waals surface area contributed by atoms with Gasteiger partial charge >= 0.3 is 13.3 Å². The summed E-state index contributed by atoms with van der Waals surface area (Å²) in [4.78, 5) is 104. The van der Waals surface area contributed by atoms with Crippen LogP contribution < -0.4 is 10.6 Å². The molecule has 3 fully saturated rings. The number of benzene rings is 3. The van der Waals surface area contributed by atoms with Gasteiger partial charge in [-0.3, -0.25) is 38.6 Å². The summed E-state index contributed by atoms with van der Waals surface area (Å²) in [5.41, 5.74) is -3.08. The van der Waals surface area contributed by atoms with Crippen LogP contribution in [0.4, 0.5) is 8.78 Å². The van der Waals surface area contributed by atoms with Crippen molar-refractivity contribution in [2.45, 2.75) is 140 Å². The maximum Gasteiger partial charge on any atom is 0.399 e. The molecule has 6 amide bonds. The Labute approximate surface area is 445 Å². The van der Waals surface area contributed by atoms with Gasteiger partial charge in [-0.1, -0.05) is 114 Å². The number of rotatable bonds is 19. The molecule has 3 aromatic carbocycles. The molecule has 4 aliphatic rings. The molecule has 0 aliphatic carbocycles. The zero-order chi connectivity index (χ0) is 54.4. The molecule has 16 nitrogen and oxygen atoms in total. The summed E-state index contributed by atoms with van der Waals surface area (Å²) in [6, 6.07) is 16.9. The van der Waals surface area contributed by atoms with E-state index in [0.717, 1.165) is 97.9 Å². The van der Waals surface area contributed by atoms with E-state index < -0.39 is 66.2 Å². The van der Waals surface area contributed by atoms with Crippen molar-refractivity contribution < 1.29 is 61.4 Å². The first-order valence-electron chi connectivity index (χ1n) is 26.1. The normalized spacial score (nSPS) is 20.6. The number of unbranched alkanes of at least 4 members (excludes halogenated alkanes) is 8. The predicted octanol–water partition coefficient (Wildman–Crippen LogP) is 8.18. The van der Waals surface area contributed by atoms with Crippen LogP contribution in [0.5, 0.6) is 0 Å². The van der Waals surface area contributed by atoms with Gasteiger partial charge in [-0.15, -0.1) is 11.3 Å². The number of piperidine rings is 1. The Hall–Kier alpha value is -5.87. The molecular formula is C56H66F2N5O11PS. The van der Waals surface area contributed by atoms with Gasteiger partial charge in [0, 0.05) is 66.9 Å². The Balaban J connectivity index is 0.819. The van der Waals surface area contributed by atoms with Crippen LogP contribution in [-0.2, 0) is 45.4 Å². The number of likely N-dealkylation sites (tertiary alicyclic amines) is 1. The van der Waals surface area contributed by atoms with Crippen molar-refractivity contribution in [1.29, 1.82) is 0 Å². The number of imide groups is 1. The number of hydrogen-bond acceptors (Lipinski definition) is 10. The highest BCUT2D eigenvalue weighted by atomic mass is 32.1. The van der Waals surface area contributed by atoms with E-state index in [-0.39, 0.29) is 53.5 Å². The predicted molar refractivity (Wildman–Crippen MR) is 281 cm³/mol. The minimum absolute atomic E-state index is 0.0993. The Morgan fingerprint density at radius 2 is 1.66 bits per heavy atom. The first kappa shape index (κ1) is 56.3. The quantitative estimate of drug-likeness (QED) is 0.0304. The fourth-order valence-corrected chi connectivity index (χ4v) is 11.8. The van der Waals surface area contributed by atoms with Crippen LogP contribution in [0.25, 0.3) is 10.1 Å². The van der Waals surface area contributed by atoms with Crippen molar-refractivity contribution in [3.8, 4) is 11.8 Å². The number of nitrogens with one attached hydrogen (secondary N) is 2. The molecule has 5 heterocycles. The third kappa shape index (κ3) is 13.1. The highest BCUT2D eigenvalue weighted by Crippen LogP contribution is 2.59. The van der Waals surface area contributed by atoms with E-state index in [1.165, 1.54) is 21.9 Å². The van der Waals surface area contributed by atoms with Crippen LogP contribution >= 0.6 is 18.9 Å². The molecule has 20 heteroatoms. The van der Waals surface area contributed by atoms with Crippen LogP contribution in [0, 0.1) is 17.3 Å². The zero-order valence-electron chi connectivity index (χ0n) is 43.1. The number of carbonyl (C=O) groups is 6. The van der Waals surface area contributed by atoms with Gasteiger partial charge in [-0.25, -0.2) is 0 Å². The monoisotopic (exact) mass is 1090 g/mol. The molecule has 4 N–H and O–H groups in total. The van der Waals surface area contributed by atoms with Gasteiger partial charge in [-0.05, 0) is 71.5 Å². The maximum atomic E-state index is 14.8. The topological polar surface area (TPSA) is 212 Å². The fraction of sp³-hybridized carbons (Fsp3) is 0.500. The van der Waals surface area contributed by atoms with Crippen LogP contribution in [0.15, 0.2) is 72.8 Å². The van der Waals surface area contributed by atoms with Crippen LogP contribution in [0.3, 0.4) is 0 Å². The number of halogens is 2. The third-order valence-electron chi connectivity index (χ3n) is 14.6. The lowest BCUT2D eigenvalue weighted by Crippen LogP contribution is -2.58. The lowest BCUT2D eigenvalue weighted by molar-refractivity contribution is -0.150. The Bertz CT molecular complexity index is 2930. The molecule has 0 saturated carbocycles. The molecule has 0 spiro atoms. The lowest BCUT2D eigenvalue weighted by atomic mass is 9.85. The minimum Gasteiger partial charge on any atom is -0.376 e. The van der Waals surface area contributed by atoms with Crippen molar-refractivity contribution in [3.63, 3.8) is 0 Å². The molecule has 3 saturated heterocycles. The molecule has 4 aromatic rings. The van der Waals surface area contributed by atoms with Gasteiger partial charge in [0.2, 0.25) is 23.6 Å². The van der Waals surface area contributed by atoms with Gasteiger partial charge in [-0.2, -0.15) is 8.78 Å². The number of carbonyl (C=O) groups excluding carboxylic acids is 6. The van der Waals surface area contributed by atoms with Crippen LogP contribution in [0.1, 0.15) is 146 Å². The molecule has 76 heavy (non-hydrogen) atoms. The Morgan fingerprint density at radius 3 is 2.37 bits per heavy atom. The largest absolute Gasteiger partial charge is 0.399 e. The second kappa shape index (κ2) is 24.2. The number of fused-ring (bicyclic) bond motifs is 2. The van der Waals surface area contributed by atoms with E-state index in [1.54, 1.807) is 31.7 Å². The van der Waals surface area contributed by atoms with Crippen molar-refractivity contribution in [2.75, 3.05) is 32.8 Å². The van der Waals surface area contributed by atoms with E-state index >= 15 is 0 Å². The van der Waals surface area contributed by atoms with E-state index in [4.69, 9.17) is 9.47 Å². The minimum atomic E-state index is -5.83. The van der Waals surface area contributed by atoms with Gasteiger partial charge in [0.15, 0.2) is 0 Å². The molecule has 0 bridgehead atoms. The van der Waals surface area contributed by atoms with E-state index in [9.17, 15) is 51.9 Å². The molecule has 4 aliphatic heterocycles. The summed E-state index contributed by atoms with van der Waals surface area (Å²) >= 11 is 0.984. The smallest absolute Gasteiger partial charge is 0.376 e. The van der Waals surface area contributed by atoms with E-state index in [2.05, 4.69) is 22.5 Å². The van der Waals surface area contributed by atoms with Crippen molar-refractivity contribution in [2.24, 2.45) is 5.41 Å². The molecule has 1 aromatic heterocycles. The Kier molecular flexibility index (Phi) is 17.9. The maximum absolute atomic E-state index is 14.8. The Morgan fingerprint density at radius 1 is 0.934 bits per heavy atom. The molecule has 0 radical (unpaired) electrons. The molecule has 8 rings (SSSR count). The SMILES string of the molecule is CC(C)(C)C(NC(=O)c1cc2cc(C(F)(F)P(=O)(O)O)ccc2s1)C(=O)N1C[C@@H](OCCCCCCCCCCC#Cc2cccc3c2CN(C2CCC(=O)NC2=O)C3=O)C[C@H]1C(=O)N1CCO[C@H](c2ccccc2)C1. The van der Waals surface area contributed by atoms with E-state index in [0.29, 0.717) is 49.5 Å². The number of alkyl halides is 2. The molecule has 2 unspecified atom stereocenters. The van der Waals surface area contributed by atoms with Gasteiger partial charge < -0.3 is 39.3 Å².